The fourth-order valence-electron chi connectivity index (χ4n) is 4.95. The SMILES string of the molecule is O=C(Cc1ccc(O)cc1)CN1CC2CC(O)(Cc3ccccc3)CC2C1. The predicted molar refractivity (Wildman–Crippen MR) is 105 cm³/mol. The van der Waals surface area contributed by atoms with Gasteiger partial charge in [-0.25, -0.2) is 0 Å². The van der Waals surface area contributed by atoms with Gasteiger partial charge in [-0.05, 0) is 47.9 Å². The molecule has 1 saturated heterocycles. The van der Waals surface area contributed by atoms with Crippen LogP contribution in [0.1, 0.15) is 24.0 Å². The van der Waals surface area contributed by atoms with E-state index in [0.29, 0.717) is 24.8 Å². The monoisotopic (exact) mass is 365 g/mol. The van der Waals surface area contributed by atoms with Gasteiger partial charge in [0.15, 0.2) is 5.78 Å². The maximum atomic E-state index is 12.4. The molecule has 2 N–H and O–H groups in total. The number of aromatic hydroxyl groups is 1. The average Bonchev–Trinajstić information content (AvgIpc) is 3.11. The molecule has 4 nitrogen and oxygen atoms in total. The molecule has 27 heavy (non-hydrogen) atoms. The van der Waals surface area contributed by atoms with E-state index in [1.54, 1.807) is 24.3 Å². The van der Waals surface area contributed by atoms with Crippen molar-refractivity contribution in [1.82, 2.24) is 4.90 Å². The number of Topliss-reactive ketones (excluding diaryl/α,β-unsaturated/α-hetero) is 1. The molecular formula is C23H27NO3. The van der Waals surface area contributed by atoms with Gasteiger partial charge in [0.2, 0.25) is 0 Å². The van der Waals surface area contributed by atoms with Crippen LogP contribution in [0.4, 0.5) is 0 Å². The first kappa shape index (κ1) is 18.2. The molecule has 0 spiro atoms. The molecule has 0 aromatic heterocycles. The minimum atomic E-state index is -0.598. The molecular weight excluding hydrogens is 338 g/mol. The van der Waals surface area contributed by atoms with Gasteiger partial charge >= 0.3 is 0 Å². The average molecular weight is 365 g/mol. The molecule has 2 aliphatic rings. The van der Waals surface area contributed by atoms with Crippen molar-refractivity contribution in [3.8, 4) is 5.75 Å². The molecule has 4 heteroatoms. The number of carbonyl (C=O) groups is 1. The number of ketones is 1. The molecule has 0 bridgehead atoms. The fourth-order valence-corrected chi connectivity index (χ4v) is 4.95. The number of rotatable bonds is 6. The second kappa shape index (κ2) is 7.45. The lowest BCUT2D eigenvalue weighted by Crippen LogP contribution is -2.34. The van der Waals surface area contributed by atoms with Gasteiger partial charge in [0.05, 0.1) is 12.1 Å². The Morgan fingerprint density at radius 3 is 2.22 bits per heavy atom. The number of benzene rings is 2. The second-order valence-corrected chi connectivity index (χ2v) is 8.39. The van der Waals surface area contributed by atoms with Gasteiger partial charge in [-0.3, -0.25) is 9.69 Å². The Morgan fingerprint density at radius 1 is 0.963 bits per heavy atom. The number of carbonyl (C=O) groups excluding carboxylic acids is 1. The Bertz CT molecular complexity index is 773. The van der Waals surface area contributed by atoms with Crippen molar-refractivity contribution in [1.29, 1.82) is 0 Å². The lowest BCUT2D eigenvalue weighted by Gasteiger charge is -2.26. The van der Waals surface area contributed by atoms with E-state index in [1.165, 1.54) is 5.56 Å². The molecule has 2 aromatic carbocycles. The highest BCUT2D eigenvalue weighted by Gasteiger charge is 2.48. The third kappa shape index (κ3) is 4.40. The van der Waals surface area contributed by atoms with Gasteiger partial charge in [0.25, 0.3) is 0 Å². The van der Waals surface area contributed by atoms with E-state index < -0.39 is 5.60 Å². The smallest absolute Gasteiger partial charge is 0.151 e. The van der Waals surface area contributed by atoms with Gasteiger partial charge in [-0.2, -0.15) is 0 Å². The van der Waals surface area contributed by atoms with Gasteiger partial charge < -0.3 is 10.2 Å². The quantitative estimate of drug-likeness (QED) is 0.826. The second-order valence-electron chi connectivity index (χ2n) is 8.39. The Morgan fingerprint density at radius 2 is 1.59 bits per heavy atom. The number of nitrogens with zero attached hydrogens (tertiary/aromatic N) is 1. The molecule has 1 saturated carbocycles. The summed E-state index contributed by atoms with van der Waals surface area (Å²) in [5.74, 6) is 1.40. The van der Waals surface area contributed by atoms with Crippen LogP contribution < -0.4 is 0 Å². The summed E-state index contributed by atoms with van der Waals surface area (Å²) in [6.07, 6.45) is 2.79. The first-order chi connectivity index (χ1) is 13.0. The van der Waals surface area contributed by atoms with Gasteiger partial charge in [0, 0.05) is 25.9 Å². The molecule has 142 valence electrons. The van der Waals surface area contributed by atoms with Crippen molar-refractivity contribution in [2.24, 2.45) is 11.8 Å². The highest BCUT2D eigenvalue weighted by Crippen LogP contribution is 2.45. The van der Waals surface area contributed by atoms with Crippen LogP contribution in [-0.4, -0.2) is 46.1 Å². The lowest BCUT2D eigenvalue weighted by atomic mass is 9.91. The maximum absolute atomic E-state index is 12.4. The molecule has 0 radical (unpaired) electrons. The van der Waals surface area contributed by atoms with E-state index in [4.69, 9.17) is 0 Å². The highest BCUT2D eigenvalue weighted by molar-refractivity contribution is 5.82. The van der Waals surface area contributed by atoms with E-state index in [1.807, 2.05) is 18.2 Å². The van der Waals surface area contributed by atoms with Gasteiger partial charge in [0.1, 0.15) is 5.75 Å². The first-order valence-corrected chi connectivity index (χ1v) is 9.77. The van der Waals surface area contributed by atoms with Gasteiger partial charge in [-0.15, -0.1) is 0 Å². The number of hydrogen-bond donors (Lipinski definition) is 2. The number of hydrogen-bond acceptors (Lipinski definition) is 4. The first-order valence-electron chi connectivity index (χ1n) is 9.77. The van der Waals surface area contributed by atoms with Crippen LogP contribution in [0.15, 0.2) is 54.6 Å². The molecule has 2 fully saturated rings. The minimum absolute atomic E-state index is 0.209. The number of phenols is 1. The zero-order valence-electron chi connectivity index (χ0n) is 15.6. The van der Waals surface area contributed by atoms with Crippen molar-refractivity contribution in [3.63, 3.8) is 0 Å². The minimum Gasteiger partial charge on any atom is -0.508 e. The van der Waals surface area contributed by atoms with Gasteiger partial charge in [-0.1, -0.05) is 42.5 Å². The van der Waals surface area contributed by atoms with Crippen molar-refractivity contribution < 1.29 is 15.0 Å². The zero-order chi connectivity index (χ0) is 18.9. The molecule has 0 amide bonds. The molecule has 1 aliphatic heterocycles. The summed E-state index contributed by atoms with van der Waals surface area (Å²) in [5, 5.41) is 20.4. The number of phenolic OH excluding ortho intramolecular Hbond substituents is 1. The molecule has 2 unspecified atom stereocenters. The maximum Gasteiger partial charge on any atom is 0.151 e. The number of fused-ring (bicyclic) bond motifs is 1. The van der Waals surface area contributed by atoms with Crippen LogP contribution in [0.3, 0.4) is 0 Å². The standard InChI is InChI=1S/C23H27NO3/c25-21-8-6-17(7-9-21)10-22(26)16-24-14-19-12-23(27,13-20(19)15-24)11-18-4-2-1-3-5-18/h1-9,19-20,25,27H,10-16H2. The van der Waals surface area contributed by atoms with E-state index in [2.05, 4.69) is 17.0 Å². The summed E-state index contributed by atoms with van der Waals surface area (Å²) in [6.45, 7) is 2.29. The molecule has 2 aromatic rings. The number of likely N-dealkylation sites (tertiary alicyclic amines) is 1. The lowest BCUT2D eigenvalue weighted by molar-refractivity contribution is -0.119. The van der Waals surface area contributed by atoms with Crippen LogP contribution >= 0.6 is 0 Å². The van der Waals surface area contributed by atoms with E-state index in [9.17, 15) is 15.0 Å². The Hall–Kier alpha value is -2.17. The largest absolute Gasteiger partial charge is 0.508 e. The predicted octanol–water partition coefficient (Wildman–Crippen LogP) is 2.82. The Balaban J connectivity index is 1.28. The van der Waals surface area contributed by atoms with Crippen molar-refractivity contribution in [2.45, 2.75) is 31.3 Å². The molecule has 1 aliphatic carbocycles. The van der Waals surface area contributed by atoms with E-state index in [0.717, 1.165) is 37.9 Å². The number of aliphatic hydroxyl groups is 1. The Labute approximate surface area is 160 Å². The van der Waals surface area contributed by atoms with E-state index in [-0.39, 0.29) is 11.5 Å². The fraction of sp³-hybridized carbons (Fsp3) is 0.435. The summed E-state index contributed by atoms with van der Waals surface area (Å²) < 4.78 is 0. The van der Waals surface area contributed by atoms with Crippen LogP contribution in [0.5, 0.6) is 5.75 Å². The Kier molecular flexibility index (Phi) is 5.02. The molecule has 4 rings (SSSR count). The summed E-state index contributed by atoms with van der Waals surface area (Å²) in [5.41, 5.74) is 1.54. The highest BCUT2D eigenvalue weighted by atomic mass is 16.3. The summed E-state index contributed by atoms with van der Waals surface area (Å²) in [4.78, 5) is 14.6. The topological polar surface area (TPSA) is 60.8 Å². The van der Waals surface area contributed by atoms with Crippen LogP contribution in [0.25, 0.3) is 0 Å². The van der Waals surface area contributed by atoms with Crippen molar-refractivity contribution in [2.75, 3.05) is 19.6 Å². The molecule has 2 atom stereocenters. The normalized spacial score (nSPS) is 27.6. The third-order valence-electron chi connectivity index (χ3n) is 6.05. The van der Waals surface area contributed by atoms with E-state index >= 15 is 0 Å². The summed E-state index contributed by atoms with van der Waals surface area (Å²) in [7, 11) is 0. The van der Waals surface area contributed by atoms with Crippen molar-refractivity contribution >= 4 is 5.78 Å². The zero-order valence-corrected chi connectivity index (χ0v) is 15.6. The van der Waals surface area contributed by atoms with Crippen LogP contribution in [0, 0.1) is 11.8 Å². The summed E-state index contributed by atoms with van der Waals surface area (Å²) in [6, 6.07) is 17.1. The molecule has 1 heterocycles. The summed E-state index contributed by atoms with van der Waals surface area (Å²) >= 11 is 0. The van der Waals surface area contributed by atoms with Crippen LogP contribution in [-0.2, 0) is 17.6 Å². The van der Waals surface area contributed by atoms with Crippen molar-refractivity contribution in [3.05, 3.63) is 65.7 Å². The van der Waals surface area contributed by atoms with Crippen LogP contribution in [0.2, 0.25) is 0 Å². The third-order valence-corrected chi connectivity index (χ3v) is 6.05.